The SMILES string of the molecule is Cc1ccc(S(=O)(=O)n2cc(F)c(/N=C/N(C)C)nc2=O)cc1. The van der Waals surface area contributed by atoms with Crippen molar-refractivity contribution in [3.63, 3.8) is 0 Å². The lowest BCUT2D eigenvalue weighted by molar-refractivity contribution is 0.571. The third-order valence-corrected chi connectivity index (χ3v) is 4.47. The summed E-state index contributed by atoms with van der Waals surface area (Å²) < 4.78 is 39.0. The van der Waals surface area contributed by atoms with E-state index in [9.17, 15) is 17.6 Å². The summed E-state index contributed by atoms with van der Waals surface area (Å²) in [5.41, 5.74) is -0.271. The molecular weight excluding hydrogens is 323 g/mol. The smallest absolute Gasteiger partial charge is 0.363 e. The number of benzene rings is 1. The van der Waals surface area contributed by atoms with E-state index < -0.39 is 27.3 Å². The second-order valence-electron chi connectivity index (χ2n) is 5.02. The number of aliphatic imine (C=N–C) groups is 1. The molecule has 0 saturated heterocycles. The zero-order valence-corrected chi connectivity index (χ0v) is 13.6. The van der Waals surface area contributed by atoms with Gasteiger partial charge >= 0.3 is 5.69 Å². The molecule has 0 bridgehead atoms. The Kier molecular flexibility index (Phi) is 4.60. The van der Waals surface area contributed by atoms with Crippen LogP contribution in [-0.4, -0.2) is 42.7 Å². The topological polar surface area (TPSA) is 84.6 Å². The lowest BCUT2D eigenvalue weighted by Gasteiger charge is -2.08. The summed E-state index contributed by atoms with van der Waals surface area (Å²) in [4.78, 5) is 20.4. The first-order valence-electron chi connectivity index (χ1n) is 6.54. The number of aromatic nitrogens is 2. The molecule has 0 aliphatic heterocycles. The Bertz CT molecular complexity index is 903. The van der Waals surface area contributed by atoms with Crippen LogP contribution >= 0.6 is 0 Å². The van der Waals surface area contributed by atoms with Crippen LogP contribution in [-0.2, 0) is 10.0 Å². The molecular formula is C14H15FN4O3S. The highest BCUT2D eigenvalue weighted by Gasteiger charge is 2.21. The molecule has 0 aliphatic carbocycles. The molecule has 2 aromatic rings. The van der Waals surface area contributed by atoms with Crippen molar-refractivity contribution < 1.29 is 12.8 Å². The lowest BCUT2D eigenvalue weighted by Crippen LogP contribution is -2.29. The molecule has 0 unspecified atom stereocenters. The van der Waals surface area contributed by atoms with Crippen molar-refractivity contribution in [3.05, 3.63) is 52.3 Å². The van der Waals surface area contributed by atoms with E-state index in [1.54, 1.807) is 33.2 Å². The number of nitrogens with zero attached hydrogens (tertiary/aromatic N) is 4. The zero-order chi connectivity index (χ0) is 17.2. The first-order valence-corrected chi connectivity index (χ1v) is 7.98. The van der Waals surface area contributed by atoms with E-state index >= 15 is 0 Å². The standard InChI is InChI=1S/C14H15FN4O3S/c1-10-4-6-11(7-5-10)23(21,22)19-8-12(15)13(17-14(19)20)16-9-18(2)3/h4-9H,1-3H3/b16-9+. The second kappa shape index (κ2) is 6.29. The van der Waals surface area contributed by atoms with Gasteiger partial charge in [-0.15, -0.1) is 0 Å². The van der Waals surface area contributed by atoms with Gasteiger partial charge in [-0.1, -0.05) is 17.7 Å². The van der Waals surface area contributed by atoms with Crippen LogP contribution in [0.4, 0.5) is 10.2 Å². The van der Waals surface area contributed by atoms with Crippen molar-refractivity contribution in [2.45, 2.75) is 11.8 Å². The van der Waals surface area contributed by atoms with Crippen LogP contribution in [0, 0.1) is 12.7 Å². The molecule has 0 fully saturated rings. The Morgan fingerprint density at radius 1 is 1.26 bits per heavy atom. The highest BCUT2D eigenvalue weighted by Crippen LogP contribution is 2.16. The monoisotopic (exact) mass is 338 g/mol. The fourth-order valence-corrected chi connectivity index (χ4v) is 2.85. The second-order valence-corrected chi connectivity index (χ2v) is 6.83. The molecule has 122 valence electrons. The molecule has 9 heteroatoms. The van der Waals surface area contributed by atoms with Gasteiger partial charge < -0.3 is 4.90 Å². The maximum atomic E-state index is 14.0. The summed E-state index contributed by atoms with van der Waals surface area (Å²) in [7, 11) is -0.903. The van der Waals surface area contributed by atoms with Crippen molar-refractivity contribution in [3.8, 4) is 0 Å². The van der Waals surface area contributed by atoms with Crippen LogP contribution < -0.4 is 5.69 Å². The Morgan fingerprint density at radius 3 is 2.43 bits per heavy atom. The van der Waals surface area contributed by atoms with E-state index in [4.69, 9.17) is 0 Å². The summed E-state index contributed by atoms with van der Waals surface area (Å²) in [6, 6.07) is 5.84. The predicted octanol–water partition coefficient (Wildman–Crippen LogP) is 1.15. The fraction of sp³-hybridized carbons (Fsp3) is 0.214. The molecule has 2 rings (SSSR count). The van der Waals surface area contributed by atoms with Gasteiger partial charge in [-0.2, -0.15) is 8.96 Å². The summed E-state index contributed by atoms with van der Waals surface area (Å²) in [6.45, 7) is 1.79. The Hall–Kier alpha value is -2.55. The van der Waals surface area contributed by atoms with Gasteiger partial charge in [0, 0.05) is 14.1 Å². The average molecular weight is 338 g/mol. The largest absolute Gasteiger partial charge is 0.369 e. The van der Waals surface area contributed by atoms with E-state index in [0.29, 0.717) is 6.20 Å². The van der Waals surface area contributed by atoms with Crippen LogP contribution in [0.1, 0.15) is 5.56 Å². The highest BCUT2D eigenvalue weighted by atomic mass is 32.2. The number of hydrogen-bond donors (Lipinski definition) is 0. The Balaban J connectivity index is 2.54. The van der Waals surface area contributed by atoms with Crippen LogP contribution in [0.25, 0.3) is 0 Å². The van der Waals surface area contributed by atoms with Crippen molar-refractivity contribution >= 4 is 22.2 Å². The predicted molar refractivity (Wildman–Crippen MR) is 84.1 cm³/mol. The summed E-state index contributed by atoms with van der Waals surface area (Å²) in [5, 5.41) is 0. The molecule has 0 spiro atoms. The number of halogens is 1. The minimum absolute atomic E-state index is 0.129. The Labute approximate surface area is 132 Å². The molecule has 1 aromatic carbocycles. The summed E-state index contributed by atoms with van der Waals surface area (Å²) in [5.74, 6) is -1.49. The van der Waals surface area contributed by atoms with Gasteiger partial charge in [0.1, 0.15) is 0 Å². The van der Waals surface area contributed by atoms with E-state index in [1.165, 1.54) is 23.4 Å². The summed E-state index contributed by atoms with van der Waals surface area (Å²) >= 11 is 0. The molecule has 23 heavy (non-hydrogen) atoms. The van der Waals surface area contributed by atoms with Gasteiger partial charge in [-0.05, 0) is 19.1 Å². The number of aryl methyl sites for hydroxylation is 1. The van der Waals surface area contributed by atoms with Crippen LogP contribution in [0.15, 0.2) is 45.1 Å². The van der Waals surface area contributed by atoms with Gasteiger partial charge in [0.15, 0.2) is 11.6 Å². The molecule has 0 aliphatic rings. The number of rotatable bonds is 4. The maximum absolute atomic E-state index is 14.0. The molecule has 0 saturated carbocycles. The maximum Gasteiger partial charge on any atom is 0.363 e. The minimum atomic E-state index is -4.22. The zero-order valence-electron chi connectivity index (χ0n) is 12.8. The van der Waals surface area contributed by atoms with Gasteiger partial charge in [0.2, 0.25) is 0 Å². The van der Waals surface area contributed by atoms with E-state index in [0.717, 1.165) is 5.56 Å². The third-order valence-electron chi connectivity index (χ3n) is 2.82. The van der Waals surface area contributed by atoms with Crippen LogP contribution in [0.2, 0.25) is 0 Å². The van der Waals surface area contributed by atoms with Crippen molar-refractivity contribution in [2.75, 3.05) is 14.1 Å². The third kappa shape index (κ3) is 3.62. The quantitative estimate of drug-likeness (QED) is 0.617. The fourth-order valence-electron chi connectivity index (χ4n) is 1.67. The lowest BCUT2D eigenvalue weighted by atomic mass is 10.2. The Morgan fingerprint density at radius 2 is 1.87 bits per heavy atom. The van der Waals surface area contributed by atoms with Gasteiger partial charge in [0.25, 0.3) is 10.0 Å². The molecule has 1 heterocycles. The van der Waals surface area contributed by atoms with Crippen molar-refractivity contribution in [1.82, 2.24) is 13.9 Å². The van der Waals surface area contributed by atoms with Crippen molar-refractivity contribution in [2.24, 2.45) is 4.99 Å². The molecule has 1 aromatic heterocycles. The first-order chi connectivity index (χ1) is 10.7. The van der Waals surface area contributed by atoms with Crippen molar-refractivity contribution in [1.29, 1.82) is 0 Å². The van der Waals surface area contributed by atoms with E-state index in [-0.39, 0.29) is 8.87 Å². The first kappa shape index (κ1) is 16.8. The average Bonchev–Trinajstić information content (AvgIpc) is 2.48. The normalized spacial score (nSPS) is 11.8. The van der Waals surface area contributed by atoms with Gasteiger partial charge in [-0.25, -0.2) is 22.6 Å². The number of hydrogen-bond acceptors (Lipinski definition) is 5. The summed E-state index contributed by atoms with van der Waals surface area (Å²) in [6.07, 6.45) is 1.83. The minimum Gasteiger partial charge on any atom is -0.369 e. The molecule has 7 nitrogen and oxygen atoms in total. The van der Waals surface area contributed by atoms with Crippen LogP contribution in [0.5, 0.6) is 0 Å². The van der Waals surface area contributed by atoms with E-state index in [1.807, 2.05) is 0 Å². The van der Waals surface area contributed by atoms with Gasteiger partial charge in [-0.3, -0.25) is 0 Å². The molecule has 0 radical (unpaired) electrons. The van der Waals surface area contributed by atoms with Gasteiger partial charge in [0.05, 0.1) is 17.4 Å². The van der Waals surface area contributed by atoms with E-state index in [2.05, 4.69) is 9.98 Å². The molecule has 0 N–H and O–H groups in total. The molecule has 0 amide bonds. The highest BCUT2D eigenvalue weighted by molar-refractivity contribution is 7.90. The molecule has 0 atom stereocenters. The van der Waals surface area contributed by atoms with Crippen LogP contribution in [0.3, 0.4) is 0 Å².